The highest BCUT2D eigenvalue weighted by Crippen LogP contribution is 2.25. The zero-order chi connectivity index (χ0) is 22.1. The molecular formula is C25H30N2O3. The van der Waals surface area contributed by atoms with Gasteiger partial charge < -0.3 is 14.6 Å². The molecule has 0 fully saturated rings. The van der Waals surface area contributed by atoms with Gasteiger partial charge >= 0.3 is 0 Å². The van der Waals surface area contributed by atoms with E-state index in [1.165, 1.54) is 11.6 Å². The van der Waals surface area contributed by atoms with Crippen LogP contribution in [-0.4, -0.2) is 31.4 Å². The van der Waals surface area contributed by atoms with E-state index in [1.54, 1.807) is 12.1 Å². The molecule has 2 aromatic carbocycles. The summed E-state index contributed by atoms with van der Waals surface area (Å²) < 4.78 is 5.69. The van der Waals surface area contributed by atoms with Crippen LogP contribution in [-0.2, 0) is 5.41 Å². The van der Waals surface area contributed by atoms with Crippen LogP contribution in [0.15, 0.2) is 57.7 Å². The van der Waals surface area contributed by atoms with Gasteiger partial charge in [-0.05, 0) is 49.7 Å². The second-order valence-corrected chi connectivity index (χ2v) is 9.04. The Morgan fingerprint density at radius 3 is 2.33 bits per heavy atom. The van der Waals surface area contributed by atoms with E-state index in [2.05, 4.69) is 55.3 Å². The summed E-state index contributed by atoms with van der Waals surface area (Å²) in [7, 11) is 3.96. The average molecular weight is 407 g/mol. The van der Waals surface area contributed by atoms with E-state index in [0.717, 1.165) is 11.1 Å². The second kappa shape index (κ2) is 8.44. The van der Waals surface area contributed by atoms with Crippen molar-refractivity contribution in [2.45, 2.75) is 39.2 Å². The van der Waals surface area contributed by atoms with Crippen molar-refractivity contribution in [3.63, 3.8) is 0 Å². The molecule has 0 spiro atoms. The van der Waals surface area contributed by atoms with Crippen molar-refractivity contribution >= 4 is 16.9 Å². The first-order chi connectivity index (χ1) is 14.1. The molecule has 30 heavy (non-hydrogen) atoms. The Hall–Kier alpha value is -2.92. The lowest BCUT2D eigenvalue weighted by Gasteiger charge is -2.26. The number of nitrogens with zero attached hydrogens (tertiary/aromatic N) is 1. The lowest BCUT2D eigenvalue weighted by Crippen LogP contribution is -2.34. The number of hydrogen-bond acceptors (Lipinski definition) is 4. The Labute approximate surface area is 177 Å². The lowest BCUT2D eigenvalue weighted by molar-refractivity contribution is 0.0914. The predicted molar refractivity (Wildman–Crippen MR) is 121 cm³/mol. The number of benzene rings is 2. The van der Waals surface area contributed by atoms with E-state index in [4.69, 9.17) is 4.42 Å². The summed E-state index contributed by atoms with van der Waals surface area (Å²) in [6.45, 7) is 8.87. The number of rotatable bonds is 5. The fourth-order valence-electron chi connectivity index (χ4n) is 3.46. The first-order valence-corrected chi connectivity index (χ1v) is 10.2. The smallest absolute Gasteiger partial charge is 0.287 e. The molecule has 0 saturated carbocycles. The molecule has 3 rings (SSSR count). The first-order valence-electron chi connectivity index (χ1n) is 10.2. The van der Waals surface area contributed by atoms with Crippen molar-refractivity contribution in [1.82, 2.24) is 10.2 Å². The van der Waals surface area contributed by atoms with Crippen molar-refractivity contribution in [2.75, 3.05) is 20.6 Å². The molecule has 5 nitrogen and oxygen atoms in total. The Morgan fingerprint density at radius 1 is 1.07 bits per heavy atom. The Morgan fingerprint density at radius 2 is 1.73 bits per heavy atom. The molecule has 0 saturated heterocycles. The molecule has 0 aliphatic rings. The monoisotopic (exact) mass is 406 g/mol. The minimum atomic E-state index is -0.396. The molecule has 0 aliphatic carbocycles. The fraction of sp³-hybridized carbons (Fsp3) is 0.360. The molecule has 3 aromatic rings. The SMILES string of the molecule is Cc1ccc2oc(C(=O)NC[C@@H](c3ccc(C(C)(C)C)cc3)N(C)C)cc(=O)c2c1. The summed E-state index contributed by atoms with van der Waals surface area (Å²) in [5.74, 6) is -0.371. The fourth-order valence-corrected chi connectivity index (χ4v) is 3.46. The maximum atomic E-state index is 12.7. The van der Waals surface area contributed by atoms with Crippen molar-refractivity contribution in [3.05, 3.63) is 81.2 Å². The van der Waals surface area contributed by atoms with Gasteiger partial charge in [0.05, 0.1) is 11.4 Å². The van der Waals surface area contributed by atoms with Crippen LogP contribution >= 0.6 is 0 Å². The molecule has 1 aromatic heterocycles. The van der Waals surface area contributed by atoms with Crippen LogP contribution in [0, 0.1) is 6.92 Å². The van der Waals surface area contributed by atoms with Gasteiger partial charge in [-0.1, -0.05) is 56.7 Å². The summed E-state index contributed by atoms with van der Waals surface area (Å²) in [6, 6.07) is 15.1. The molecule has 1 N–H and O–H groups in total. The number of hydrogen-bond donors (Lipinski definition) is 1. The molecule has 0 aliphatic heterocycles. The van der Waals surface area contributed by atoms with Crippen LogP contribution in [0.25, 0.3) is 11.0 Å². The Bertz CT molecular complexity index is 1110. The van der Waals surface area contributed by atoms with E-state index < -0.39 is 5.91 Å². The molecular weight excluding hydrogens is 376 g/mol. The van der Waals surface area contributed by atoms with Gasteiger partial charge in [0.2, 0.25) is 0 Å². The van der Waals surface area contributed by atoms with E-state index in [9.17, 15) is 9.59 Å². The van der Waals surface area contributed by atoms with Crippen molar-refractivity contribution in [2.24, 2.45) is 0 Å². The lowest BCUT2D eigenvalue weighted by atomic mass is 9.86. The molecule has 0 bridgehead atoms. The number of nitrogens with one attached hydrogen (secondary N) is 1. The number of fused-ring (bicyclic) bond motifs is 1. The molecule has 0 unspecified atom stereocenters. The molecule has 0 radical (unpaired) electrons. The van der Waals surface area contributed by atoms with Gasteiger partial charge in [0.15, 0.2) is 11.2 Å². The van der Waals surface area contributed by atoms with E-state index in [1.807, 2.05) is 27.1 Å². The zero-order valence-electron chi connectivity index (χ0n) is 18.6. The molecule has 158 valence electrons. The maximum absolute atomic E-state index is 12.7. The van der Waals surface area contributed by atoms with Gasteiger partial charge in [0, 0.05) is 12.6 Å². The van der Waals surface area contributed by atoms with Crippen LogP contribution in [0.1, 0.15) is 54.1 Å². The van der Waals surface area contributed by atoms with Gasteiger partial charge in [-0.3, -0.25) is 9.59 Å². The van der Waals surface area contributed by atoms with Crippen LogP contribution in [0.3, 0.4) is 0 Å². The highest BCUT2D eigenvalue weighted by atomic mass is 16.3. The molecule has 5 heteroatoms. The van der Waals surface area contributed by atoms with Crippen molar-refractivity contribution < 1.29 is 9.21 Å². The number of amides is 1. The molecule has 1 heterocycles. The first kappa shape index (κ1) is 21.8. The Balaban J connectivity index is 1.78. The minimum Gasteiger partial charge on any atom is -0.451 e. The van der Waals surface area contributed by atoms with Gasteiger partial charge in [-0.15, -0.1) is 0 Å². The van der Waals surface area contributed by atoms with Crippen LogP contribution in [0.2, 0.25) is 0 Å². The van der Waals surface area contributed by atoms with Gasteiger partial charge in [0.25, 0.3) is 5.91 Å². The molecule has 1 atom stereocenters. The topological polar surface area (TPSA) is 62.6 Å². The largest absolute Gasteiger partial charge is 0.451 e. The van der Waals surface area contributed by atoms with Crippen molar-refractivity contribution in [3.8, 4) is 0 Å². The Kier molecular flexibility index (Phi) is 6.13. The highest BCUT2D eigenvalue weighted by molar-refractivity contribution is 5.93. The highest BCUT2D eigenvalue weighted by Gasteiger charge is 2.19. The standard InChI is InChI=1S/C25H30N2O3/c1-16-7-12-22-19(13-16)21(28)14-23(30-22)24(29)26-15-20(27(5)6)17-8-10-18(11-9-17)25(2,3)4/h7-14,20H,15H2,1-6H3,(H,26,29)/t20-/m0/s1. The van der Waals surface area contributed by atoms with Crippen LogP contribution < -0.4 is 10.7 Å². The van der Waals surface area contributed by atoms with Crippen molar-refractivity contribution in [1.29, 1.82) is 0 Å². The number of aryl methyl sites for hydroxylation is 1. The average Bonchev–Trinajstić information content (AvgIpc) is 2.68. The van der Waals surface area contributed by atoms with Crippen LogP contribution in [0.5, 0.6) is 0 Å². The third-order valence-corrected chi connectivity index (χ3v) is 5.35. The minimum absolute atomic E-state index is 0.00204. The normalized spacial score (nSPS) is 12.9. The number of likely N-dealkylation sites (N-methyl/N-ethyl adjacent to an activating group) is 1. The predicted octanol–water partition coefficient (Wildman–Crippen LogP) is 4.43. The number of carbonyl (C=O) groups excluding carboxylic acids is 1. The quantitative estimate of drug-likeness (QED) is 0.681. The van der Waals surface area contributed by atoms with E-state index in [0.29, 0.717) is 17.5 Å². The van der Waals surface area contributed by atoms with E-state index in [-0.39, 0.29) is 22.6 Å². The number of carbonyl (C=O) groups is 1. The summed E-state index contributed by atoms with van der Waals surface area (Å²) >= 11 is 0. The van der Waals surface area contributed by atoms with Crippen LogP contribution in [0.4, 0.5) is 0 Å². The van der Waals surface area contributed by atoms with Gasteiger partial charge in [-0.25, -0.2) is 0 Å². The van der Waals surface area contributed by atoms with Gasteiger partial charge in [0.1, 0.15) is 5.58 Å². The summed E-state index contributed by atoms with van der Waals surface area (Å²) in [4.78, 5) is 27.1. The molecule has 1 amide bonds. The van der Waals surface area contributed by atoms with Gasteiger partial charge in [-0.2, -0.15) is 0 Å². The summed E-state index contributed by atoms with van der Waals surface area (Å²) in [5, 5.41) is 3.40. The maximum Gasteiger partial charge on any atom is 0.287 e. The zero-order valence-corrected chi connectivity index (χ0v) is 18.6. The third kappa shape index (κ3) is 4.79. The summed E-state index contributed by atoms with van der Waals surface area (Å²) in [6.07, 6.45) is 0. The third-order valence-electron chi connectivity index (χ3n) is 5.35. The van der Waals surface area contributed by atoms with E-state index >= 15 is 0 Å². The second-order valence-electron chi connectivity index (χ2n) is 9.04. The summed E-state index contributed by atoms with van der Waals surface area (Å²) in [5.41, 5.74) is 3.64.